The van der Waals surface area contributed by atoms with Gasteiger partial charge in [0.2, 0.25) is 0 Å². The predicted octanol–water partition coefficient (Wildman–Crippen LogP) is 2.04. The molecule has 0 aromatic rings. The van der Waals surface area contributed by atoms with E-state index in [0.29, 0.717) is 18.0 Å². The first-order chi connectivity index (χ1) is 8.86. The fourth-order valence-electron chi connectivity index (χ4n) is 3.22. The molecule has 1 N–H and O–H groups in total. The van der Waals surface area contributed by atoms with Gasteiger partial charge in [0.05, 0.1) is 7.11 Å². The Morgan fingerprint density at radius 1 is 1.42 bits per heavy atom. The Hall–Kier alpha value is -0.610. The molecule has 2 unspecified atom stereocenters. The van der Waals surface area contributed by atoms with Gasteiger partial charge in [-0.15, -0.1) is 0 Å². The minimum Gasteiger partial charge on any atom is -0.468 e. The van der Waals surface area contributed by atoms with Gasteiger partial charge in [-0.25, -0.2) is 0 Å². The molecule has 0 aromatic heterocycles. The summed E-state index contributed by atoms with van der Waals surface area (Å²) < 4.78 is 4.98. The highest BCUT2D eigenvalue weighted by Crippen LogP contribution is 2.35. The van der Waals surface area contributed by atoms with Gasteiger partial charge in [0.1, 0.15) is 5.54 Å². The quantitative estimate of drug-likeness (QED) is 0.750. The van der Waals surface area contributed by atoms with E-state index in [0.717, 1.165) is 25.8 Å². The summed E-state index contributed by atoms with van der Waals surface area (Å²) >= 11 is 0. The molecule has 112 valence electrons. The van der Waals surface area contributed by atoms with E-state index in [9.17, 15) is 4.79 Å². The van der Waals surface area contributed by atoms with Gasteiger partial charge in [0.25, 0.3) is 0 Å². The number of likely N-dealkylation sites (N-methyl/N-ethyl adjacent to an activating group) is 1. The van der Waals surface area contributed by atoms with Crippen LogP contribution in [0.15, 0.2) is 0 Å². The van der Waals surface area contributed by atoms with Gasteiger partial charge in [-0.3, -0.25) is 9.69 Å². The van der Waals surface area contributed by atoms with Crippen LogP contribution in [0.25, 0.3) is 0 Å². The largest absolute Gasteiger partial charge is 0.468 e. The van der Waals surface area contributed by atoms with Crippen molar-refractivity contribution in [3.63, 3.8) is 0 Å². The van der Waals surface area contributed by atoms with E-state index in [1.807, 2.05) is 7.05 Å². The van der Waals surface area contributed by atoms with E-state index in [2.05, 4.69) is 37.9 Å². The lowest BCUT2D eigenvalue weighted by Gasteiger charge is -2.35. The molecule has 4 nitrogen and oxygen atoms in total. The number of hydrogen-bond acceptors (Lipinski definition) is 4. The third-order valence-electron chi connectivity index (χ3n) is 4.25. The monoisotopic (exact) mass is 270 g/mol. The second-order valence-corrected chi connectivity index (χ2v) is 6.40. The molecular formula is C15H30N2O2. The number of carbonyl (C=O) groups excluding carboxylic acids is 1. The molecule has 1 saturated carbocycles. The van der Waals surface area contributed by atoms with Gasteiger partial charge >= 0.3 is 5.97 Å². The molecule has 0 aliphatic heterocycles. The van der Waals surface area contributed by atoms with Gasteiger partial charge in [-0.2, -0.15) is 0 Å². The lowest BCUT2D eigenvalue weighted by Crippen LogP contribution is -2.51. The second kappa shape index (κ2) is 6.71. The lowest BCUT2D eigenvalue weighted by atomic mass is 9.97. The predicted molar refractivity (Wildman–Crippen MR) is 78.1 cm³/mol. The van der Waals surface area contributed by atoms with Crippen LogP contribution < -0.4 is 5.32 Å². The highest BCUT2D eigenvalue weighted by atomic mass is 16.5. The summed E-state index contributed by atoms with van der Waals surface area (Å²) in [6.45, 7) is 10.1. The summed E-state index contributed by atoms with van der Waals surface area (Å²) in [4.78, 5) is 14.6. The zero-order chi connectivity index (χ0) is 14.6. The molecule has 0 heterocycles. The summed E-state index contributed by atoms with van der Waals surface area (Å²) in [5.41, 5.74) is -0.483. The average molecular weight is 270 g/mol. The maximum Gasteiger partial charge on any atom is 0.326 e. The molecule has 4 heteroatoms. The first-order valence-electron chi connectivity index (χ1n) is 7.39. The van der Waals surface area contributed by atoms with E-state index < -0.39 is 5.54 Å². The number of ether oxygens (including phenoxy) is 1. The maximum atomic E-state index is 12.0. The molecule has 0 radical (unpaired) electrons. The fourth-order valence-corrected chi connectivity index (χ4v) is 3.22. The molecule has 1 fully saturated rings. The van der Waals surface area contributed by atoms with Crippen LogP contribution in [-0.4, -0.2) is 49.2 Å². The highest BCUT2D eigenvalue weighted by molar-refractivity contribution is 5.81. The van der Waals surface area contributed by atoms with Crippen LogP contribution in [0.1, 0.15) is 47.0 Å². The molecule has 19 heavy (non-hydrogen) atoms. The summed E-state index contributed by atoms with van der Waals surface area (Å²) in [5.74, 6) is 0.524. The highest BCUT2D eigenvalue weighted by Gasteiger charge is 2.47. The minimum absolute atomic E-state index is 0.120. The molecule has 0 bridgehead atoms. The summed E-state index contributed by atoms with van der Waals surface area (Å²) in [6, 6.07) is 0.978. The Morgan fingerprint density at radius 2 is 2.05 bits per heavy atom. The van der Waals surface area contributed by atoms with Gasteiger partial charge < -0.3 is 10.1 Å². The molecule has 2 atom stereocenters. The van der Waals surface area contributed by atoms with Crippen LogP contribution in [0.5, 0.6) is 0 Å². The first kappa shape index (κ1) is 16.4. The lowest BCUT2D eigenvalue weighted by molar-refractivity contribution is -0.148. The average Bonchev–Trinajstić information content (AvgIpc) is 2.79. The van der Waals surface area contributed by atoms with Crippen LogP contribution in [0.2, 0.25) is 0 Å². The molecule has 1 aliphatic carbocycles. The van der Waals surface area contributed by atoms with Crippen LogP contribution in [0, 0.1) is 5.92 Å². The smallest absolute Gasteiger partial charge is 0.326 e. The Balaban J connectivity index is 2.79. The van der Waals surface area contributed by atoms with Crippen molar-refractivity contribution in [3.8, 4) is 0 Å². The van der Waals surface area contributed by atoms with E-state index in [1.165, 1.54) is 7.11 Å². The van der Waals surface area contributed by atoms with Crippen molar-refractivity contribution in [2.24, 2.45) is 5.92 Å². The number of nitrogens with one attached hydrogen (secondary N) is 1. The topological polar surface area (TPSA) is 41.6 Å². The second-order valence-electron chi connectivity index (χ2n) is 6.40. The Morgan fingerprint density at radius 3 is 2.47 bits per heavy atom. The van der Waals surface area contributed by atoms with E-state index in [-0.39, 0.29) is 5.97 Å². The van der Waals surface area contributed by atoms with Crippen molar-refractivity contribution < 1.29 is 9.53 Å². The Bertz CT molecular complexity index is 305. The number of nitrogens with zero attached hydrogens (tertiary/aromatic N) is 1. The van der Waals surface area contributed by atoms with E-state index in [4.69, 9.17) is 4.74 Å². The minimum atomic E-state index is -0.483. The molecule has 0 saturated heterocycles. The number of carbonyl (C=O) groups is 1. The number of rotatable bonds is 6. The van der Waals surface area contributed by atoms with Gasteiger partial charge in [0, 0.05) is 18.6 Å². The molecule has 0 aromatic carbocycles. The summed E-state index contributed by atoms with van der Waals surface area (Å²) in [7, 11) is 3.34. The normalized spacial score (nSPS) is 27.5. The SMILES string of the molecule is CNC1(C(=O)OC)CCC(N(CC(C)C)C(C)C)C1. The van der Waals surface area contributed by atoms with Crippen molar-refractivity contribution in [2.45, 2.75) is 64.6 Å². The molecule has 0 spiro atoms. The maximum absolute atomic E-state index is 12.0. The van der Waals surface area contributed by atoms with Gasteiger partial charge in [-0.1, -0.05) is 13.8 Å². The van der Waals surface area contributed by atoms with E-state index in [1.54, 1.807) is 0 Å². The first-order valence-corrected chi connectivity index (χ1v) is 7.39. The fraction of sp³-hybridized carbons (Fsp3) is 0.933. The zero-order valence-electron chi connectivity index (χ0n) is 13.3. The molecule has 1 aliphatic rings. The van der Waals surface area contributed by atoms with Crippen LogP contribution >= 0.6 is 0 Å². The summed E-state index contributed by atoms with van der Waals surface area (Å²) in [5, 5.41) is 3.20. The molecule has 1 rings (SSSR count). The molecule has 0 amide bonds. The Labute approximate surface area is 117 Å². The summed E-state index contributed by atoms with van der Waals surface area (Å²) in [6.07, 6.45) is 2.77. The van der Waals surface area contributed by atoms with Crippen molar-refractivity contribution in [3.05, 3.63) is 0 Å². The third-order valence-corrected chi connectivity index (χ3v) is 4.25. The number of methoxy groups -OCH3 is 1. The third kappa shape index (κ3) is 3.69. The van der Waals surface area contributed by atoms with Crippen molar-refractivity contribution in [1.82, 2.24) is 10.2 Å². The van der Waals surface area contributed by atoms with Gasteiger partial charge in [0.15, 0.2) is 0 Å². The number of esters is 1. The van der Waals surface area contributed by atoms with Gasteiger partial charge in [-0.05, 0) is 46.1 Å². The van der Waals surface area contributed by atoms with Crippen LogP contribution in [0.4, 0.5) is 0 Å². The van der Waals surface area contributed by atoms with Crippen LogP contribution in [-0.2, 0) is 9.53 Å². The Kier molecular flexibility index (Phi) is 5.81. The van der Waals surface area contributed by atoms with Crippen LogP contribution in [0.3, 0.4) is 0 Å². The van der Waals surface area contributed by atoms with E-state index >= 15 is 0 Å². The van der Waals surface area contributed by atoms with Crippen molar-refractivity contribution in [2.75, 3.05) is 20.7 Å². The number of hydrogen-bond donors (Lipinski definition) is 1. The standard InChI is InChI=1S/C15H30N2O2/c1-11(2)10-17(12(3)4)13-7-8-15(9-13,16-5)14(18)19-6/h11-13,16H,7-10H2,1-6H3. The zero-order valence-corrected chi connectivity index (χ0v) is 13.3. The van der Waals surface area contributed by atoms with Crippen molar-refractivity contribution >= 4 is 5.97 Å². The molecular weight excluding hydrogens is 240 g/mol. The van der Waals surface area contributed by atoms with Crippen molar-refractivity contribution in [1.29, 1.82) is 0 Å².